The molecule has 1 fully saturated rings. The van der Waals surface area contributed by atoms with Crippen molar-refractivity contribution in [1.29, 1.82) is 0 Å². The molecule has 0 unspecified atom stereocenters. The minimum Gasteiger partial charge on any atom is -0.493 e. The van der Waals surface area contributed by atoms with Crippen molar-refractivity contribution in [3.63, 3.8) is 0 Å². The van der Waals surface area contributed by atoms with Gasteiger partial charge in [-0.25, -0.2) is 0 Å². The van der Waals surface area contributed by atoms with E-state index in [9.17, 15) is 24.9 Å². The summed E-state index contributed by atoms with van der Waals surface area (Å²) in [7, 11) is 1.40. The van der Waals surface area contributed by atoms with Crippen LogP contribution >= 0.6 is 0 Å². The molecule has 26 heavy (non-hydrogen) atoms. The van der Waals surface area contributed by atoms with Crippen molar-refractivity contribution < 1.29 is 39.1 Å². The average molecular weight is 369 g/mol. The van der Waals surface area contributed by atoms with Crippen LogP contribution in [0.3, 0.4) is 0 Å². The Morgan fingerprint density at radius 2 is 1.88 bits per heavy atom. The molecule has 144 valence electrons. The summed E-state index contributed by atoms with van der Waals surface area (Å²) in [5, 5.41) is 32.1. The number of benzene rings is 1. The van der Waals surface area contributed by atoms with E-state index in [1.54, 1.807) is 0 Å². The zero-order valence-corrected chi connectivity index (χ0v) is 14.7. The third-order valence-corrected chi connectivity index (χ3v) is 4.06. The van der Waals surface area contributed by atoms with E-state index in [1.165, 1.54) is 39.2 Å². The first-order chi connectivity index (χ1) is 12.3. The van der Waals surface area contributed by atoms with Gasteiger partial charge in [-0.15, -0.1) is 0 Å². The van der Waals surface area contributed by atoms with Crippen molar-refractivity contribution in [2.24, 2.45) is 0 Å². The molecule has 0 spiro atoms. The first-order valence-corrected chi connectivity index (χ1v) is 8.03. The minimum absolute atomic E-state index is 0.154. The molecule has 1 aliphatic rings. The van der Waals surface area contributed by atoms with Crippen LogP contribution < -0.4 is 14.8 Å². The summed E-state index contributed by atoms with van der Waals surface area (Å²) in [4.78, 5) is 22.9. The predicted molar refractivity (Wildman–Crippen MR) is 89.0 cm³/mol. The Morgan fingerprint density at radius 1 is 1.19 bits per heavy atom. The number of ether oxygens (including phenoxy) is 3. The van der Waals surface area contributed by atoms with Crippen LogP contribution in [0, 0.1) is 0 Å². The normalized spacial score (nSPS) is 28.3. The number of amides is 1. The lowest BCUT2D eigenvalue weighted by atomic mass is 9.97. The number of Topliss-reactive ketones (excluding diaryl/α,β-unsaturated/α-hetero) is 1. The highest BCUT2D eigenvalue weighted by atomic mass is 16.7. The van der Waals surface area contributed by atoms with Crippen LogP contribution in [-0.4, -0.2) is 71.4 Å². The van der Waals surface area contributed by atoms with E-state index >= 15 is 0 Å². The Balaban J connectivity index is 2.31. The zero-order valence-electron chi connectivity index (χ0n) is 14.7. The SMILES string of the molecule is COc1cc(C(C)=O)ccc1O[C@H]1O[C@H](CO)[C@@H](O)[C@H](O)[C@H]1NC(C)=O. The maximum atomic E-state index is 11.5. The fourth-order valence-corrected chi connectivity index (χ4v) is 2.68. The van der Waals surface area contributed by atoms with Gasteiger partial charge in [0.15, 0.2) is 17.3 Å². The molecule has 9 nitrogen and oxygen atoms in total. The van der Waals surface area contributed by atoms with E-state index in [4.69, 9.17) is 14.2 Å². The summed E-state index contributed by atoms with van der Waals surface area (Å²) in [6, 6.07) is 3.44. The Morgan fingerprint density at radius 3 is 2.42 bits per heavy atom. The van der Waals surface area contributed by atoms with Crippen molar-refractivity contribution in [2.75, 3.05) is 13.7 Å². The molecule has 2 rings (SSSR count). The van der Waals surface area contributed by atoms with E-state index in [2.05, 4.69) is 5.32 Å². The lowest BCUT2D eigenvalue weighted by Crippen LogP contribution is -2.65. The summed E-state index contributed by atoms with van der Waals surface area (Å²) in [5.41, 5.74) is 0.417. The third kappa shape index (κ3) is 4.31. The fourth-order valence-electron chi connectivity index (χ4n) is 2.68. The van der Waals surface area contributed by atoms with Gasteiger partial charge in [-0.3, -0.25) is 9.59 Å². The maximum absolute atomic E-state index is 11.5. The number of aliphatic hydroxyl groups excluding tert-OH is 3. The second-order valence-electron chi connectivity index (χ2n) is 5.97. The van der Waals surface area contributed by atoms with E-state index < -0.39 is 43.2 Å². The molecule has 9 heteroatoms. The van der Waals surface area contributed by atoms with E-state index in [-0.39, 0.29) is 17.3 Å². The second-order valence-corrected chi connectivity index (χ2v) is 5.97. The number of methoxy groups -OCH3 is 1. The molecule has 5 atom stereocenters. The van der Waals surface area contributed by atoms with E-state index in [1.807, 2.05) is 0 Å². The second kappa shape index (κ2) is 8.45. The standard InChI is InChI=1S/C17H23NO8/c1-8(20)10-4-5-11(12(6-10)24-3)25-17-14(18-9(2)21)16(23)15(22)13(7-19)26-17/h4-6,13-17,19,22-23H,7H2,1-3H3,(H,18,21)/t13-,14-,15-,16-,17+/m1/s1. The minimum atomic E-state index is -1.42. The van der Waals surface area contributed by atoms with E-state index in [0.717, 1.165) is 0 Å². The molecule has 4 N–H and O–H groups in total. The van der Waals surface area contributed by atoms with Crippen molar-refractivity contribution in [3.05, 3.63) is 23.8 Å². The molecular formula is C17H23NO8. The third-order valence-electron chi connectivity index (χ3n) is 4.06. The van der Waals surface area contributed by atoms with Crippen LogP contribution in [0.5, 0.6) is 11.5 Å². The highest BCUT2D eigenvalue weighted by Crippen LogP contribution is 2.32. The molecule has 0 bridgehead atoms. The summed E-state index contributed by atoms with van der Waals surface area (Å²) in [5.74, 6) is -0.152. The largest absolute Gasteiger partial charge is 0.493 e. The van der Waals surface area contributed by atoms with Gasteiger partial charge in [0.25, 0.3) is 0 Å². The first kappa shape index (κ1) is 20.1. The summed E-state index contributed by atoms with van der Waals surface area (Å²) in [6.07, 6.45) is -5.12. The zero-order chi connectivity index (χ0) is 19.4. The van der Waals surface area contributed by atoms with Gasteiger partial charge in [-0.1, -0.05) is 0 Å². The fraction of sp³-hybridized carbons (Fsp3) is 0.529. The van der Waals surface area contributed by atoms with Crippen molar-refractivity contribution in [3.8, 4) is 11.5 Å². The molecule has 1 saturated heterocycles. The number of carbonyl (C=O) groups excluding carboxylic acids is 2. The van der Waals surface area contributed by atoms with Crippen LogP contribution in [0.2, 0.25) is 0 Å². The molecule has 0 radical (unpaired) electrons. The average Bonchev–Trinajstić information content (AvgIpc) is 2.60. The smallest absolute Gasteiger partial charge is 0.223 e. The highest BCUT2D eigenvalue weighted by Gasteiger charge is 2.46. The van der Waals surface area contributed by atoms with E-state index in [0.29, 0.717) is 5.56 Å². The van der Waals surface area contributed by atoms with Crippen LogP contribution in [0.4, 0.5) is 0 Å². The topological polar surface area (TPSA) is 135 Å². The number of carbonyl (C=O) groups is 2. The van der Waals surface area contributed by atoms with Gasteiger partial charge < -0.3 is 34.8 Å². The molecular weight excluding hydrogens is 346 g/mol. The molecule has 1 heterocycles. The van der Waals surface area contributed by atoms with Gasteiger partial charge in [0.1, 0.15) is 24.4 Å². The van der Waals surface area contributed by atoms with Crippen molar-refractivity contribution in [2.45, 2.75) is 44.5 Å². The highest BCUT2D eigenvalue weighted by molar-refractivity contribution is 5.94. The van der Waals surface area contributed by atoms with Gasteiger partial charge in [0, 0.05) is 12.5 Å². The van der Waals surface area contributed by atoms with Gasteiger partial charge in [-0.05, 0) is 25.1 Å². The van der Waals surface area contributed by atoms with Gasteiger partial charge in [0.2, 0.25) is 12.2 Å². The Hall–Kier alpha value is -2.20. The number of hydrogen-bond donors (Lipinski definition) is 4. The number of hydrogen-bond acceptors (Lipinski definition) is 8. The Labute approximate surface area is 150 Å². The molecule has 0 aliphatic carbocycles. The van der Waals surface area contributed by atoms with Gasteiger partial charge in [0.05, 0.1) is 13.7 Å². The Bertz CT molecular complexity index is 664. The lowest BCUT2D eigenvalue weighted by Gasteiger charge is -2.42. The summed E-state index contributed by atoms with van der Waals surface area (Å²) < 4.78 is 16.4. The van der Waals surface area contributed by atoms with Crippen LogP contribution in [0.15, 0.2) is 18.2 Å². The number of aliphatic hydroxyl groups is 3. The molecule has 1 amide bonds. The molecule has 1 aliphatic heterocycles. The van der Waals surface area contributed by atoms with Gasteiger partial charge >= 0.3 is 0 Å². The number of nitrogens with one attached hydrogen (secondary N) is 1. The molecule has 1 aromatic carbocycles. The molecule has 0 saturated carbocycles. The number of ketones is 1. The first-order valence-electron chi connectivity index (χ1n) is 8.03. The van der Waals surface area contributed by atoms with Crippen LogP contribution in [0.1, 0.15) is 24.2 Å². The number of rotatable bonds is 6. The predicted octanol–water partition coefficient (Wildman–Crippen LogP) is -0.780. The van der Waals surface area contributed by atoms with Gasteiger partial charge in [-0.2, -0.15) is 0 Å². The molecule has 1 aromatic rings. The quantitative estimate of drug-likeness (QED) is 0.480. The van der Waals surface area contributed by atoms with Crippen molar-refractivity contribution >= 4 is 11.7 Å². The van der Waals surface area contributed by atoms with Crippen molar-refractivity contribution in [1.82, 2.24) is 5.32 Å². The Kier molecular flexibility index (Phi) is 6.54. The molecule has 0 aromatic heterocycles. The summed E-state index contributed by atoms with van der Waals surface area (Å²) in [6.45, 7) is 2.11. The lowest BCUT2D eigenvalue weighted by molar-refractivity contribution is -0.244. The monoisotopic (exact) mass is 369 g/mol. The maximum Gasteiger partial charge on any atom is 0.223 e. The van der Waals surface area contributed by atoms with Crippen LogP contribution in [0.25, 0.3) is 0 Å². The summed E-state index contributed by atoms with van der Waals surface area (Å²) >= 11 is 0. The van der Waals surface area contributed by atoms with Crippen LogP contribution in [-0.2, 0) is 9.53 Å².